The number of nitrogens with zero attached hydrogens (tertiary/aromatic N) is 1. The zero-order chi connectivity index (χ0) is 16.8. The Hall–Kier alpha value is -2.13. The molecule has 1 amide bonds. The SMILES string of the molecule is CC(C)CC(C(O)c1ccccc1)N(C)C(=O)c1ccccc1. The maximum atomic E-state index is 12.7. The van der Waals surface area contributed by atoms with Crippen LogP contribution in [0.15, 0.2) is 60.7 Å². The normalized spacial score (nSPS) is 13.6. The van der Waals surface area contributed by atoms with E-state index in [1.807, 2.05) is 48.5 Å². The van der Waals surface area contributed by atoms with E-state index in [0.29, 0.717) is 11.5 Å². The van der Waals surface area contributed by atoms with Gasteiger partial charge in [-0.05, 0) is 30.0 Å². The topological polar surface area (TPSA) is 40.5 Å². The average Bonchev–Trinajstić information content (AvgIpc) is 2.59. The number of likely N-dealkylation sites (N-methyl/N-ethyl adjacent to an activating group) is 1. The van der Waals surface area contributed by atoms with Crippen LogP contribution in [-0.2, 0) is 0 Å². The molecule has 0 heterocycles. The number of amides is 1. The van der Waals surface area contributed by atoms with E-state index in [-0.39, 0.29) is 11.9 Å². The van der Waals surface area contributed by atoms with Crippen LogP contribution in [0.1, 0.15) is 42.3 Å². The van der Waals surface area contributed by atoms with Crippen molar-refractivity contribution in [3.63, 3.8) is 0 Å². The number of carbonyl (C=O) groups is 1. The molecule has 0 radical (unpaired) electrons. The summed E-state index contributed by atoms with van der Waals surface area (Å²) < 4.78 is 0. The predicted octanol–water partition coefficient (Wildman–Crippen LogP) is 3.91. The van der Waals surface area contributed by atoms with Crippen LogP contribution in [0.25, 0.3) is 0 Å². The predicted molar refractivity (Wildman–Crippen MR) is 93.2 cm³/mol. The van der Waals surface area contributed by atoms with Crippen molar-refractivity contribution in [2.75, 3.05) is 7.05 Å². The molecule has 2 rings (SSSR count). The molecule has 2 atom stereocenters. The zero-order valence-corrected chi connectivity index (χ0v) is 14.0. The molecule has 0 saturated carbocycles. The van der Waals surface area contributed by atoms with E-state index in [9.17, 15) is 9.90 Å². The molecule has 1 N–H and O–H groups in total. The quantitative estimate of drug-likeness (QED) is 0.879. The molecule has 0 aliphatic heterocycles. The molecule has 23 heavy (non-hydrogen) atoms. The highest BCUT2D eigenvalue weighted by atomic mass is 16.3. The third-order valence-corrected chi connectivity index (χ3v) is 4.06. The van der Waals surface area contributed by atoms with E-state index in [1.54, 1.807) is 24.1 Å². The fourth-order valence-electron chi connectivity index (χ4n) is 2.79. The van der Waals surface area contributed by atoms with Gasteiger partial charge in [-0.15, -0.1) is 0 Å². The lowest BCUT2D eigenvalue weighted by Gasteiger charge is -2.33. The van der Waals surface area contributed by atoms with Crippen LogP contribution >= 0.6 is 0 Å². The molecule has 2 unspecified atom stereocenters. The summed E-state index contributed by atoms with van der Waals surface area (Å²) in [7, 11) is 1.77. The molecule has 0 aliphatic rings. The van der Waals surface area contributed by atoms with Crippen LogP contribution < -0.4 is 0 Å². The monoisotopic (exact) mass is 311 g/mol. The smallest absolute Gasteiger partial charge is 0.253 e. The molecule has 2 aromatic carbocycles. The van der Waals surface area contributed by atoms with Crippen LogP contribution in [0, 0.1) is 5.92 Å². The Morgan fingerprint density at radius 3 is 2.04 bits per heavy atom. The standard InChI is InChI=1S/C20H25NO2/c1-15(2)14-18(19(22)16-10-6-4-7-11-16)21(3)20(23)17-12-8-5-9-13-17/h4-13,15,18-19,22H,14H2,1-3H3. The van der Waals surface area contributed by atoms with Crippen molar-refractivity contribution < 1.29 is 9.90 Å². The lowest BCUT2D eigenvalue weighted by atomic mass is 9.93. The summed E-state index contributed by atoms with van der Waals surface area (Å²) in [4.78, 5) is 14.4. The van der Waals surface area contributed by atoms with E-state index < -0.39 is 6.10 Å². The summed E-state index contributed by atoms with van der Waals surface area (Å²) in [6.07, 6.45) is 0.0433. The number of benzene rings is 2. The highest BCUT2D eigenvalue weighted by Crippen LogP contribution is 2.26. The first-order chi connectivity index (χ1) is 11.0. The summed E-state index contributed by atoms with van der Waals surface area (Å²) in [6.45, 7) is 4.21. The van der Waals surface area contributed by atoms with Gasteiger partial charge in [0.15, 0.2) is 0 Å². The van der Waals surface area contributed by atoms with Gasteiger partial charge in [0.2, 0.25) is 0 Å². The fraction of sp³-hybridized carbons (Fsp3) is 0.350. The highest BCUT2D eigenvalue weighted by molar-refractivity contribution is 5.94. The number of aliphatic hydroxyl groups is 1. The Morgan fingerprint density at radius 2 is 1.52 bits per heavy atom. The van der Waals surface area contributed by atoms with Gasteiger partial charge >= 0.3 is 0 Å². The summed E-state index contributed by atoms with van der Waals surface area (Å²) >= 11 is 0. The van der Waals surface area contributed by atoms with E-state index in [1.165, 1.54) is 0 Å². The number of aliphatic hydroxyl groups excluding tert-OH is 1. The van der Waals surface area contributed by atoms with Gasteiger partial charge in [0, 0.05) is 12.6 Å². The van der Waals surface area contributed by atoms with Crippen molar-refractivity contribution in [2.24, 2.45) is 5.92 Å². The van der Waals surface area contributed by atoms with Gasteiger partial charge in [0.25, 0.3) is 5.91 Å². The molecular formula is C20H25NO2. The first kappa shape index (κ1) is 17.2. The van der Waals surface area contributed by atoms with Crippen molar-refractivity contribution in [1.82, 2.24) is 4.90 Å². The van der Waals surface area contributed by atoms with Crippen molar-refractivity contribution in [1.29, 1.82) is 0 Å². The largest absolute Gasteiger partial charge is 0.386 e. The minimum atomic E-state index is -0.698. The van der Waals surface area contributed by atoms with E-state index >= 15 is 0 Å². The molecule has 2 aromatic rings. The summed E-state index contributed by atoms with van der Waals surface area (Å²) in [6, 6.07) is 18.5. The van der Waals surface area contributed by atoms with Gasteiger partial charge in [-0.1, -0.05) is 62.4 Å². The second-order valence-corrected chi connectivity index (χ2v) is 6.33. The zero-order valence-electron chi connectivity index (χ0n) is 14.0. The Morgan fingerprint density at radius 1 is 1.00 bits per heavy atom. The van der Waals surface area contributed by atoms with Crippen LogP contribution in [-0.4, -0.2) is 29.0 Å². The first-order valence-corrected chi connectivity index (χ1v) is 8.06. The van der Waals surface area contributed by atoms with Crippen LogP contribution in [0.4, 0.5) is 0 Å². The van der Waals surface area contributed by atoms with Crippen LogP contribution in [0.5, 0.6) is 0 Å². The summed E-state index contributed by atoms with van der Waals surface area (Å²) in [5, 5.41) is 10.8. The highest BCUT2D eigenvalue weighted by Gasteiger charge is 2.29. The van der Waals surface area contributed by atoms with Crippen LogP contribution in [0.2, 0.25) is 0 Å². The summed E-state index contributed by atoms with van der Waals surface area (Å²) in [5.41, 5.74) is 1.48. The molecule has 0 aliphatic carbocycles. The fourth-order valence-corrected chi connectivity index (χ4v) is 2.79. The number of hydrogen-bond donors (Lipinski definition) is 1. The Labute approximate surface area is 138 Å². The maximum Gasteiger partial charge on any atom is 0.253 e. The molecular weight excluding hydrogens is 286 g/mol. The minimum absolute atomic E-state index is 0.0637. The molecule has 122 valence electrons. The van der Waals surface area contributed by atoms with E-state index in [0.717, 1.165) is 12.0 Å². The second kappa shape index (κ2) is 7.93. The van der Waals surface area contributed by atoms with Crippen molar-refractivity contribution in [3.05, 3.63) is 71.8 Å². The van der Waals surface area contributed by atoms with Gasteiger partial charge < -0.3 is 10.0 Å². The lowest BCUT2D eigenvalue weighted by molar-refractivity contribution is 0.0374. The number of hydrogen-bond acceptors (Lipinski definition) is 2. The third-order valence-electron chi connectivity index (χ3n) is 4.06. The molecule has 3 heteroatoms. The van der Waals surface area contributed by atoms with E-state index in [2.05, 4.69) is 13.8 Å². The van der Waals surface area contributed by atoms with Gasteiger partial charge in [0.05, 0.1) is 12.1 Å². The Balaban J connectivity index is 2.25. The van der Waals surface area contributed by atoms with Crippen molar-refractivity contribution in [2.45, 2.75) is 32.4 Å². The average molecular weight is 311 g/mol. The second-order valence-electron chi connectivity index (χ2n) is 6.33. The molecule has 0 fully saturated rings. The number of rotatable bonds is 6. The first-order valence-electron chi connectivity index (χ1n) is 8.06. The van der Waals surface area contributed by atoms with Crippen molar-refractivity contribution >= 4 is 5.91 Å². The molecule has 0 saturated heterocycles. The number of carbonyl (C=O) groups excluding carboxylic acids is 1. The van der Waals surface area contributed by atoms with Gasteiger partial charge in [-0.3, -0.25) is 4.79 Å². The summed E-state index contributed by atoms with van der Waals surface area (Å²) in [5.74, 6) is 0.315. The van der Waals surface area contributed by atoms with E-state index in [4.69, 9.17) is 0 Å². The Bertz CT molecular complexity index is 610. The van der Waals surface area contributed by atoms with Gasteiger partial charge in [-0.2, -0.15) is 0 Å². The lowest BCUT2D eigenvalue weighted by Crippen LogP contribution is -2.42. The minimum Gasteiger partial charge on any atom is -0.386 e. The molecule has 0 spiro atoms. The third kappa shape index (κ3) is 4.42. The molecule has 0 bridgehead atoms. The van der Waals surface area contributed by atoms with Crippen LogP contribution in [0.3, 0.4) is 0 Å². The van der Waals surface area contributed by atoms with Gasteiger partial charge in [-0.25, -0.2) is 0 Å². The maximum absolute atomic E-state index is 12.7. The molecule has 0 aromatic heterocycles. The Kier molecular flexibility index (Phi) is 5.94. The molecule has 3 nitrogen and oxygen atoms in total. The van der Waals surface area contributed by atoms with Crippen molar-refractivity contribution in [3.8, 4) is 0 Å². The van der Waals surface area contributed by atoms with Gasteiger partial charge in [0.1, 0.15) is 0 Å².